The molecule has 0 spiro atoms. The highest BCUT2D eigenvalue weighted by atomic mass is 32.2. The average Bonchev–Trinajstić information content (AvgIpc) is 2.59. The summed E-state index contributed by atoms with van der Waals surface area (Å²) in [6.45, 7) is -0.222. The Morgan fingerprint density at radius 1 is 1.04 bits per heavy atom. The Labute approximate surface area is 139 Å². The van der Waals surface area contributed by atoms with Crippen LogP contribution in [0, 0.1) is 0 Å². The van der Waals surface area contributed by atoms with Gasteiger partial charge in [-0.1, -0.05) is 24.3 Å². The van der Waals surface area contributed by atoms with Gasteiger partial charge in [-0.15, -0.1) is 11.8 Å². The minimum absolute atomic E-state index is 0.0967. The molecule has 0 atom stereocenters. The van der Waals surface area contributed by atoms with Crippen molar-refractivity contribution in [1.29, 1.82) is 0 Å². The molecule has 0 aliphatic rings. The van der Waals surface area contributed by atoms with Gasteiger partial charge in [0.15, 0.2) is 6.61 Å². The van der Waals surface area contributed by atoms with E-state index in [1.165, 1.54) is 0 Å². The molecule has 2 aromatic carbocycles. The molecule has 0 aromatic heterocycles. The average molecular weight is 330 g/mol. The van der Waals surface area contributed by atoms with E-state index in [1.807, 2.05) is 42.7 Å². The topological polar surface area (TPSA) is 67.4 Å². The molecule has 0 unspecified atom stereocenters. The zero-order valence-corrected chi connectivity index (χ0v) is 13.6. The number of para-hydroxylation sites is 1. The van der Waals surface area contributed by atoms with Crippen LogP contribution in [0.25, 0.3) is 0 Å². The molecule has 0 aliphatic carbocycles. The highest BCUT2D eigenvalue weighted by molar-refractivity contribution is 7.98. The lowest BCUT2D eigenvalue weighted by Gasteiger charge is -2.09. The van der Waals surface area contributed by atoms with Gasteiger partial charge in [0.1, 0.15) is 5.75 Å². The van der Waals surface area contributed by atoms with Crippen molar-refractivity contribution in [3.63, 3.8) is 0 Å². The van der Waals surface area contributed by atoms with Crippen molar-refractivity contribution in [1.82, 2.24) is 5.32 Å². The summed E-state index contributed by atoms with van der Waals surface area (Å²) in [5.41, 5.74) is 0.705. The summed E-state index contributed by atoms with van der Waals surface area (Å²) >= 11 is 1.60. The molecule has 0 bridgehead atoms. The molecule has 2 rings (SSSR count). The molecule has 2 aromatic rings. The first-order valence-corrected chi connectivity index (χ1v) is 8.28. The Morgan fingerprint density at radius 3 is 2.57 bits per heavy atom. The van der Waals surface area contributed by atoms with Crippen molar-refractivity contribution in [3.8, 4) is 5.75 Å². The molecule has 0 radical (unpaired) electrons. The van der Waals surface area contributed by atoms with E-state index >= 15 is 0 Å². The number of amides is 2. The Morgan fingerprint density at radius 2 is 1.83 bits per heavy atom. The Kier molecular flexibility index (Phi) is 6.50. The van der Waals surface area contributed by atoms with E-state index in [2.05, 4.69) is 10.6 Å². The first-order valence-electron chi connectivity index (χ1n) is 7.06. The molecule has 23 heavy (non-hydrogen) atoms. The molecule has 6 heteroatoms. The number of thioether (sulfide) groups is 1. The summed E-state index contributed by atoms with van der Waals surface area (Å²) in [7, 11) is 0. The van der Waals surface area contributed by atoms with E-state index in [0.717, 1.165) is 4.90 Å². The fraction of sp³-hybridized carbons (Fsp3) is 0.176. The molecule has 0 fully saturated rings. The van der Waals surface area contributed by atoms with Crippen molar-refractivity contribution in [2.75, 3.05) is 24.7 Å². The Bertz CT molecular complexity index is 662. The number of anilines is 1. The number of carbonyl (C=O) groups is 2. The van der Waals surface area contributed by atoms with Crippen LogP contribution < -0.4 is 15.4 Å². The van der Waals surface area contributed by atoms with Crippen LogP contribution in [0.15, 0.2) is 59.5 Å². The third-order valence-electron chi connectivity index (χ3n) is 2.91. The second-order valence-corrected chi connectivity index (χ2v) is 5.54. The van der Waals surface area contributed by atoms with Gasteiger partial charge in [0, 0.05) is 10.6 Å². The first-order chi connectivity index (χ1) is 11.2. The lowest BCUT2D eigenvalue weighted by atomic mass is 10.3. The maximum Gasteiger partial charge on any atom is 0.258 e. The molecule has 5 nitrogen and oxygen atoms in total. The summed E-state index contributed by atoms with van der Waals surface area (Å²) in [6, 6.07) is 16.5. The lowest BCUT2D eigenvalue weighted by molar-refractivity contribution is -0.125. The zero-order chi connectivity index (χ0) is 16.5. The minimum Gasteiger partial charge on any atom is -0.484 e. The van der Waals surface area contributed by atoms with Gasteiger partial charge in [-0.2, -0.15) is 0 Å². The highest BCUT2D eigenvalue weighted by Gasteiger charge is 2.07. The van der Waals surface area contributed by atoms with Gasteiger partial charge in [-0.05, 0) is 36.6 Å². The molecular weight excluding hydrogens is 312 g/mol. The third-order valence-corrected chi connectivity index (χ3v) is 3.64. The van der Waals surface area contributed by atoms with Gasteiger partial charge in [0.2, 0.25) is 5.91 Å². The minimum atomic E-state index is -0.345. The standard InChI is InChI=1S/C17H18N2O3S/c1-23-15-9-5-6-13(10-15)19-16(20)11-18-17(21)12-22-14-7-3-2-4-8-14/h2-10H,11-12H2,1H3,(H,18,21)(H,19,20). The van der Waals surface area contributed by atoms with Gasteiger partial charge < -0.3 is 15.4 Å². The molecular formula is C17H18N2O3S. The van der Waals surface area contributed by atoms with Crippen molar-refractivity contribution in [2.45, 2.75) is 4.90 Å². The largest absolute Gasteiger partial charge is 0.484 e. The summed E-state index contributed by atoms with van der Waals surface area (Å²) in [6.07, 6.45) is 1.97. The van der Waals surface area contributed by atoms with Crippen LogP contribution in [0.4, 0.5) is 5.69 Å². The van der Waals surface area contributed by atoms with Crippen molar-refractivity contribution in [3.05, 3.63) is 54.6 Å². The number of carbonyl (C=O) groups excluding carboxylic acids is 2. The van der Waals surface area contributed by atoms with E-state index in [9.17, 15) is 9.59 Å². The summed E-state index contributed by atoms with van der Waals surface area (Å²) in [5.74, 6) is -0.0147. The number of benzene rings is 2. The predicted molar refractivity (Wildman–Crippen MR) is 91.8 cm³/mol. The first kappa shape index (κ1) is 16.9. The van der Waals surface area contributed by atoms with Crippen LogP contribution in [0.3, 0.4) is 0 Å². The quantitative estimate of drug-likeness (QED) is 0.766. The fourth-order valence-corrected chi connectivity index (χ4v) is 2.26. The SMILES string of the molecule is CSc1cccc(NC(=O)CNC(=O)COc2ccccc2)c1. The van der Waals surface area contributed by atoms with Gasteiger partial charge in [-0.25, -0.2) is 0 Å². The van der Waals surface area contributed by atoms with Crippen LogP contribution in [0.1, 0.15) is 0 Å². The van der Waals surface area contributed by atoms with E-state index in [4.69, 9.17) is 4.74 Å². The summed E-state index contributed by atoms with van der Waals surface area (Å²) < 4.78 is 5.30. The van der Waals surface area contributed by atoms with Gasteiger partial charge >= 0.3 is 0 Å². The zero-order valence-electron chi connectivity index (χ0n) is 12.7. The number of hydrogen-bond donors (Lipinski definition) is 2. The van der Waals surface area contributed by atoms with Crippen LogP contribution in [-0.2, 0) is 9.59 Å². The number of ether oxygens (including phenoxy) is 1. The van der Waals surface area contributed by atoms with Crippen LogP contribution in [0.5, 0.6) is 5.75 Å². The highest BCUT2D eigenvalue weighted by Crippen LogP contribution is 2.18. The number of hydrogen-bond acceptors (Lipinski definition) is 4. The second kappa shape index (κ2) is 8.85. The number of rotatable bonds is 7. The molecule has 120 valence electrons. The summed E-state index contributed by atoms with van der Waals surface area (Å²) in [4.78, 5) is 24.5. The third kappa shape index (κ3) is 6.04. The van der Waals surface area contributed by atoms with E-state index < -0.39 is 0 Å². The molecule has 2 amide bonds. The summed E-state index contributed by atoms with van der Waals surface area (Å²) in [5, 5.41) is 5.26. The maximum absolute atomic E-state index is 11.8. The molecule has 2 N–H and O–H groups in total. The monoisotopic (exact) mass is 330 g/mol. The van der Waals surface area contributed by atoms with Gasteiger partial charge in [-0.3, -0.25) is 9.59 Å². The van der Waals surface area contributed by atoms with Crippen LogP contribution in [0.2, 0.25) is 0 Å². The maximum atomic E-state index is 11.8. The number of nitrogens with one attached hydrogen (secondary N) is 2. The van der Waals surface area contributed by atoms with E-state index in [1.54, 1.807) is 30.0 Å². The van der Waals surface area contributed by atoms with Gasteiger partial charge in [0.25, 0.3) is 5.91 Å². The normalized spacial score (nSPS) is 9.96. The van der Waals surface area contributed by atoms with Crippen LogP contribution >= 0.6 is 11.8 Å². The Hall–Kier alpha value is -2.47. The molecule has 0 saturated heterocycles. The van der Waals surface area contributed by atoms with Crippen molar-refractivity contribution >= 4 is 29.3 Å². The van der Waals surface area contributed by atoms with E-state index in [-0.39, 0.29) is 25.0 Å². The molecule has 0 saturated carbocycles. The lowest BCUT2D eigenvalue weighted by Crippen LogP contribution is -2.35. The smallest absolute Gasteiger partial charge is 0.258 e. The second-order valence-electron chi connectivity index (χ2n) is 4.66. The van der Waals surface area contributed by atoms with Crippen molar-refractivity contribution in [2.24, 2.45) is 0 Å². The van der Waals surface area contributed by atoms with Gasteiger partial charge in [0.05, 0.1) is 6.54 Å². The predicted octanol–water partition coefficient (Wildman–Crippen LogP) is 2.54. The fourth-order valence-electron chi connectivity index (χ4n) is 1.80. The molecule has 0 heterocycles. The Balaban J connectivity index is 1.72. The molecule has 0 aliphatic heterocycles. The van der Waals surface area contributed by atoms with Crippen LogP contribution in [-0.4, -0.2) is 31.2 Å². The van der Waals surface area contributed by atoms with E-state index in [0.29, 0.717) is 11.4 Å². The van der Waals surface area contributed by atoms with Crippen molar-refractivity contribution < 1.29 is 14.3 Å².